The maximum atomic E-state index is 12.6. The molecule has 1 atom stereocenters. The monoisotopic (exact) mass is 379 g/mol. The van der Waals surface area contributed by atoms with Crippen LogP contribution in [-0.2, 0) is 21.4 Å². The molecular weight excluding hydrogens is 358 g/mol. The van der Waals surface area contributed by atoms with E-state index in [1.807, 2.05) is 6.07 Å². The van der Waals surface area contributed by atoms with Crippen LogP contribution >= 0.6 is 0 Å². The van der Waals surface area contributed by atoms with Crippen molar-refractivity contribution in [2.75, 3.05) is 14.2 Å². The van der Waals surface area contributed by atoms with Crippen LogP contribution in [0.5, 0.6) is 11.5 Å². The summed E-state index contributed by atoms with van der Waals surface area (Å²) in [5, 5.41) is 2.66. The van der Waals surface area contributed by atoms with E-state index >= 15 is 0 Å². The Morgan fingerprint density at radius 1 is 1.23 bits per heavy atom. The second kappa shape index (κ2) is 8.63. The summed E-state index contributed by atoms with van der Waals surface area (Å²) in [7, 11) is -1.19. The molecule has 1 heterocycles. The molecule has 0 aliphatic carbocycles. The standard InChI is InChI=1S/C17H21N3O5S/c1-12(17(21)19-11-13-5-4-8-18-10-13)20-26(22,23)16-9-14(24-2)6-7-15(16)25-3/h4-10,12,20H,11H2,1-3H3,(H,19,21)/t12-/m0/s1. The van der Waals surface area contributed by atoms with Gasteiger partial charge in [0.25, 0.3) is 0 Å². The molecule has 26 heavy (non-hydrogen) atoms. The van der Waals surface area contributed by atoms with Gasteiger partial charge >= 0.3 is 0 Å². The van der Waals surface area contributed by atoms with Gasteiger partial charge in [-0.2, -0.15) is 4.72 Å². The highest BCUT2D eigenvalue weighted by Gasteiger charge is 2.25. The van der Waals surface area contributed by atoms with Crippen LogP contribution in [0.4, 0.5) is 0 Å². The number of methoxy groups -OCH3 is 2. The molecule has 0 spiro atoms. The van der Waals surface area contributed by atoms with Gasteiger partial charge in [0.2, 0.25) is 15.9 Å². The van der Waals surface area contributed by atoms with Crippen LogP contribution in [-0.4, -0.2) is 39.6 Å². The van der Waals surface area contributed by atoms with Crippen molar-refractivity contribution in [1.82, 2.24) is 15.0 Å². The lowest BCUT2D eigenvalue weighted by Gasteiger charge is -2.16. The molecule has 0 aliphatic heterocycles. The van der Waals surface area contributed by atoms with Crippen LogP contribution in [0.1, 0.15) is 12.5 Å². The van der Waals surface area contributed by atoms with Gasteiger partial charge in [-0.25, -0.2) is 8.42 Å². The summed E-state index contributed by atoms with van der Waals surface area (Å²) >= 11 is 0. The topological polar surface area (TPSA) is 107 Å². The van der Waals surface area contributed by atoms with Gasteiger partial charge in [0, 0.05) is 25.0 Å². The van der Waals surface area contributed by atoms with Crippen molar-refractivity contribution in [1.29, 1.82) is 0 Å². The van der Waals surface area contributed by atoms with Crippen molar-refractivity contribution in [2.45, 2.75) is 24.4 Å². The molecular formula is C17H21N3O5S. The SMILES string of the molecule is COc1ccc(OC)c(S(=O)(=O)N[C@@H](C)C(=O)NCc2cccnc2)c1. The van der Waals surface area contributed by atoms with Crippen LogP contribution in [0, 0.1) is 0 Å². The van der Waals surface area contributed by atoms with Gasteiger partial charge in [0.1, 0.15) is 16.4 Å². The lowest BCUT2D eigenvalue weighted by molar-refractivity contribution is -0.122. The first-order chi connectivity index (χ1) is 12.4. The Hall–Kier alpha value is -2.65. The number of hydrogen-bond donors (Lipinski definition) is 2. The van der Waals surface area contributed by atoms with Gasteiger partial charge in [-0.05, 0) is 30.7 Å². The molecule has 0 aliphatic rings. The Morgan fingerprint density at radius 3 is 2.62 bits per heavy atom. The molecule has 2 N–H and O–H groups in total. The van der Waals surface area contributed by atoms with Gasteiger partial charge in [-0.3, -0.25) is 9.78 Å². The van der Waals surface area contributed by atoms with E-state index in [0.717, 1.165) is 5.56 Å². The second-order valence-corrected chi connectivity index (χ2v) is 7.12. The first kappa shape index (κ1) is 19.7. The molecule has 0 saturated carbocycles. The van der Waals surface area contributed by atoms with Gasteiger partial charge in [-0.1, -0.05) is 6.07 Å². The third kappa shape index (κ3) is 4.93. The number of pyridine rings is 1. The maximum absolute atomic E-state index is 12.6. The van der Waals surface area contributed by atoms with Crippen molar-refractivity contribution in [3.05, 3.63) is 48.3 Å². The fourth-order valence-corrected chi connectivity index (χ4v) is 3.58. The number of ether oxygens (including phenoxy) is 2. The minimum atomic E-state index is -3.99. The summed E-state index contributed by atoms with van der Waals surface area (Å²) in [4.78, 5) is 16.0. The van der Waals surface area contributed by atoms with E-state index in [-0.39, 0.29) is 17.2 Å². The zero-order chi connectivity index (χ0) is 19.2. The summed E-state index contributed by atoms with van der Waals surface area (Å²) < 4.78 is 37.8. The summed E-state index contributed by atoms with van der Waals surface area (Å²) in [5.41, 5.74) is 0.811. The first-order valence-corrected chi connectivity index (χ1v) is 9.26. The Labute approximate surface area is 152 Å². The molecule has 2 rings (SSSR count). The molecule has 1 aromatic heterocycles. The molecule has 0 bridgehead atoms. The number of nitrogens with one attached hydrogen (secondary N) is 2. The minimum absolute atomic E-state index is 0.105. The molecule has 0 unspecified atom stereocenters. The second-order valence-electron chi connectivity index (χ2n) is 5.44. The van der Waals surface area contributed by atoms with Crippen LogP contribution in [0.25, 0.3) is 0 Å². The van der Waals surface area contributed by atoms with Crippen LogP contribution < -0.4 is 19.5 Å². The average molecular weight is 379 g/mol. The minimum Gasteiger partial charge on any atom is -0.497 e. The maximum Gasteiger partial charge on any atom is 0.245 e. The van der Waals surface area contributed by atoms with E-state index in [1.54, 1.807) is 24.5 Å². The summed E-state index contributed by atoms with van der Waals surface area (Å²) in [6.45, 7) is 1.71. The molecule has 2 aromatic rings. The molecule has 1 aromatic carbocycles. The predicted molar refractivity (Wildman–Crippen MR) is 95.4 cm³/mol. The van der Waals surface area contributed by atoms with Crippen molar-refractivity contribution >= 4 is 15.9 Å². The number of benzene rings is 1. The van der Waals surface area contributed by atoms with Gasteiger partial charge < -0.3 is 14.8 Å². The van der Waals surface area contributed by atoms with Crippen molar-refractivity contribution < 1.29 is 22.7 Å². The summed E-state index contributed by atoms with van der Waals surface area (Å²) in [6, 6.07) is 6.99. The highest BCUT2D eigenvalue weighted by atomic mass is 32.2. The highest BCUT2D eigenvalue weighted by molar-refractivity contribution is 7.89. The fourth-order valence-electron chi connectivity index (χ4n) is 2.19. The third-order valence-corrected chi connectivity index (χ3v) is 5.14. The van der Waals surface area contributed by atoms with E-state index in [0.29, 0.717) is 5.75 Å². The molecule has 0 saturated heterocycles. The summed E-state index contributed by atoms with van der Waals surface area (Å²) in [6.07, 6.45) is 3.25. The number of hydrogen-bond acceptors (Lipinski definition) is 6. The number of sulfonamides is 1. The van der Waals surface area contributed by atoms with E-state index in [9.17, 15) is 13.2 Å². The largest absolute Gasteiger partial charge is 0.497 e. The smallest absolute Gasteiger partial charge is 0.245 e. The number of carbonyl (C=O) groups is 1. The van der Waals surface area contributed by atoms with E-state index in [1.165, 1.54) is 33.3 Å². The van der Waals surface area contributed by atoms with Crippen molar-refractivity contribution in [3.63, 3.8) is 0 Å². The Morgan fingerprint density at radius 2 is 2.00 bits per heavy atom. The number of nitrogens with zero attached hydrogens (tertiary/aromatic N) is 1. The molecule has 140 valence electrons. The van der Waals surface area contributed by atoms with Crippen LogP contribution in [0.3, 0.4) is 0 Å². The van der Waals surface area contributed by atoms with E-state index in [4.69, 9.17) is 9.47 Å². The van der Waals surface area contributed by atoms with Gasteiger partial charge in [0.05, 0.1) is 20.3 Å². The molecule has 0 fully saturated rings. The Balaban J connectivity index is 2.09. The van der Waals surface area contributed by atoms with E-state index < -0.39 is 22.0 Å². The number of amides is 1. The summed E-state index contributed by atoms with van der Waals surface area (Å²) in [5.74, 6) is 0.0559. The van der Waals surface area contributed by atoms with Gasteiger partial charge in [0.15, 0.2) is 0 Å². The first-order valence-electron chi connectivity index (χ1n) is 7.78. The Kier molecular flexibility index (Phi) is 6.53. The fraction of sp³-hybridized carbons (Fsp3) is 0.294. The third-order valence-electron chi connectivity index (χ3n) is 3.58. The van der Waals surface area contributed by atoms with Crippen LogP contribution in [0.2, 0.25) is 0 Å². The molecule has 0 radical (unpaired) electrons. The van der Waals surface area contributed by atoms with Gasteiger partial charge in [-0.15, -0.1) is 0 Å². The zero-order valence-electron chi connectivity index (χ0n) is 14.7. The average Bonchev–Trinajstić information content (AvgIpc) is 2.65. The quantitative estimate of drug-likeness (QED) is 0.711. The molecule has 8 nitrogen and oxygen atoms in total. The highest BCUT2D eigenvalue weighted by Crippen LogP contribution is 2.28. The molecule has 1 amide bonds. The normalized spacial score (nSPS) is 12.3. The van der Waals surface area contributed by atoms with E-state index in [2.05, 4.69) is 15.0 Å². The van der Waals surface area contributed by atoms with Crippen molar-refractivity contribution in [2.24, 2.45) is 0 Å². The number of rotatable bonds is 8. The van der Waals surface area contributed by atoms with Crippen molar-refractivity contribution in [3.8, 4) is 11.5 Å². The zero-order valence-corrected chi connectivity index (χ0v) is 15.5. The number of aromatic nitrogens is 1. The lowest BCUT2D eigenvalue weighted by Crippen LogP contribution is -2.44. The van der Waals surface area contributed by atoms with Crippen LogP contribution in [0.15, 0.2) is 47.6 Å². The lowest BCUT2D eigenvalue weighted by atomic mass is 10.2. The predicted octanol–water partition coefficient (Wildman–Crippen LogP) is 1.08. The molecule has 9 heteroatoms. The number of carbonyl (C=O) groups excluding carboxylic acids is 1. The Bertz CT molecular complexity index is 856.